The van der Waals surface area contributed by atoms with Crippen LogP contribution in [-0.4, -0.2) is 30.6 Å². The van der Waals surface area contributed by atoms with Crippen molar-refractivity contribution in [2.75, 3.05) is 13.7 Å². The van der Waals surface area contributed by atoms with Crippen molar-refractivity contribution in [3.8, 4) is 0 Å². The third-order valence-electron chi connectivity index (χ3n) is 1.14. The number of ketones is 1. The zero-order valence-corrected chi connectivity index (χ0v) is 5.96. The summed E-state index contributed by atoms with van der Waals surface area (Å²) in [6.45, 7) is 1.21. The van der Waals surface area contributed by atoms with E-state index in [0.717, 1.165) is 0 Å². The van der Waals surface area contributed by atoms with Gasteiger partial charge in [-0.15, -0.1) is 0 Å². The molecule has 0 aliphatic carbocycles. The van der Waals surface area contributed by atoms with Crippen molar-refractivity contribution >= 4 is 11.8 Å². The van der Waals surface area contributed by atoms with E-state index in [-0.39, 0.29) is 6.61 Å². The minimum Gasteiger partial charge on any atom is -0.481 e. The lowest BCUT2D eigenvalue weighted by Crippen LogP contribution is -2.23. The number of carbonyl (C=O) groups excluding carboxylic acids is 1. The van der Waals surface area contributed by atoms with E-state index < -0.39 is 17.7 Å². The lowest BCUT2D eigenvalue weighted by molar-refractivity contribution is -0.146. The summed E-state index contributed by atoms with van der Waals surface area (Å²) in [4.78, 5) is 20.8. The molecule has 1 N–H and O–H groups in total. The highest BCUT2D eigenvalue weighted by molar-refractivity contribution is 5.98. The highest BCUT2D eigenvalue weighted by Crippen LogP contribution is 1.96. The number of hydrogen-bond acceptors (Lipinski definition) is 3. The van der Waals surface area contributed by atoms with Gasteiger partial charge >= 0.3 is 5.97 Å². The number of ether oxygens (including phenoxy) is 1. The molecule has 0 saturated carbocycles. The number of hydrogen-bond donors (Lipinski definition) is 1. The predicted octanol–water partition coefficient (Wildman–Crippen LogP) is -0.0774. The highest BCUT2D eigenvalue weighted by atomic mass is 16.5. The number of methoxy groups -OCH3 is 1. The SMILES string of the molecule is COCC(=O)C(C)C(=O)O. The van der Waals surface area contributed by atoms with Gasteiger partial charge in [0.15, 0.2) is 5.78 Å². The van der Waals surface area contributed by atoms with Crippen LogP contribution in [0, 0.1) is 5.92 Å². The fourth-order valence-corrected chi connectivity index (χ4v) is 0.405. The summed E-state index contributed by atoms with van der Waals surface area (Å²) in [7, 11) is 1.35. The van der Waals surface area contributed by atoms with Crippen LogP contribution in [0.15, 0.2) is 0 Å². The van der Waals surface area contributed by atoms with Crippen LogP contribution in [0.2, 0.25) is 0 Å². The maximum absolute atomic E-state index is 10.7. The third-order valence-corrected chi connectivity index (χ3v) is 1.14. The Hall–Kier alpha value is -0.900. The summed E-state index contributed by atoms with van der Waals surface area (Å²) in [5, 5.41) is 8.30. The summed E-state index contributed by atoms with van der Waals surface area (Å²) < 4.78 is 4.46. The number of carboxylic acid groups (broad SMARTS) is 1. The molecule has 10 heavy (non-hydrogen) atoms. The van der Waals surface area contributed by atoms with E-state index in [4.69, 9.17) is 5.11 Å². The maximum Gasteiger partial charge on any atom is 0.313 e. The fraction of sp³-hybridized carbons (Fsp3) is 0.667. The molecule has 0 saturated heterocycles. The third kappa shape index (κ3) is 2.59. The standard InChI is InChI=1S/C6H10O4/c1-4(6(8)9)5(7)3-10-2/h4H,3H2,1-2H3,(H,8,9). The molecule has 1 unspecified atom stereocenters. The van der Waals surface area contributed by atoms with E-state index in [1.54, 1.807) is 0 Å². The van der Waals surface area contributed by atoms with Gasteiger partial charge in [-0.05, 0) is 6.92 Å². The maximum atomic E-state index is 10.7. The quantitative estimate of drug-likeness (QED) is 0.563. The molecule has 0 aromatic heterocycles. The summed E-state index contributed by atoms with van der Waals surface area (Å²) >= 11 is 0. The molecule has 0 aliphatic heterocycles. The number of aliphatic carboxylic acids is 1. The van der Waals surface area contributed by atoms with E-state index in [0.29, 0.717) is 0 Å². The lowest BCUT2D eigenvalue weighted by Gasteiger charge is -2.02. The van der Waals surface area contributed by atoms with Gasteiger partial charge in [0, 0.05) is 7.11 Å². The molecule has 0 heterocycles. The first-order valence-corrected chi connectivity index (χ1v) is 2.84. The molecule has 1 atom stereocenters. The average molecular weight is 146 g/mol. The van der Waals surface area contributed by atoms with Gasteiger partial charge in [-0.1, -0.05) is 0 Å². The Balaban J connectivity index is 3.82. The summed E-state index contributed by atoms with van der Waals surface area (Å²) in [6.07, 6.45) is 0. The summed E-state index contributed by atoms with van der Waals surface area (Å²) in [5.41, 5.74) is 0. The topological polar surface area (TPSA) is 63.6 Å². The van der Waals surface area contributed by atoms with Gasteiger partial charge in [-0.3, -0.25) is 9.59 Å². The molecule has 0 aliphatic rings. The van der Waals surface area contributed by atoms with Crippen molar-refractivity contribution in [3.63, 3.8) is 0 Å². The van der Waals surface area contributed by atoms with Gasteiger partial charge in [0.1, 0.15) is 12.5 Å². The fourth-order valence-electron chi connectivity index (χ4n) is 0.405. The van der Waals surface area contributed by atoms with Crippen molar-refractivity contribution in [1.29, 1.82) is 0 Å². The molecular formula is C6H10O4. The van der Waals surface area contributed by atoms with Crippen LogP contribution in [0.5, 0.6) is 0 Å². The second-order valence-corrected chi connectivity index (χ2v) is 1.96. The number of carbonyl (C=O) groups is 2. The van der Waals surface area contributed by atoms with E-state index in [1.807, 2.05) is 0 Å². The van der Waals surface area contributed by atoms with Gasteiger partial charge in [0.05, 0.1) is 0 Å². The molecule has 0 rings (SSSR count). The Labute approximate surface area is 58.8 Å². The lowest BCUT2D eigenvalue weighted by atomic mass is 10.1. The van der Waals surface area contributed by atoms with Crippen molar-refractivity contribution in [2.24, 2.45) is 5.92 Å². The zero-order valence-electron chi connectivity index (χ0n) is 5.96. The van der Waals surface area contributed by atoms with Crippen LogP contribution in [0.4, 0.5) is 0 Å². The highest BCUT2D eigenvalue weighted by Gasteiger charge is 2.19. The van der Waals surface area contributed by atoms with E-state index in [2.05, 4.69) is 4.74 Å². The largest absolute Gasteiger partial charge is 0.481 e. The van der Waals surface area contributed by atoms with E-state index in [1.165, 1.54) is 14.0 Å². The predicted molar refractivity (Wildman–Crippen MR) is 33.7 cm³/mol. The van der Waals surface area contributed by atoms with Crippen LogP contribution in [0.1, 0.15) is 6.92 Å². The molecule has 4 nitrogen and oxygen atoms in total. The molecule has 0 bridgehead atoms. The molecule has 0 aromatic rings. The van der Waals surface area contributed by atoms with Gasteiger partial charge in [-0.25, -0.2) is 0 Å². The summed E-state index contributed by atoms with van der Waals surface area (Å²) in [6, 6.07) is 0. The molecule has 0 spiro atoms. The number of carboxylic acids is 1. The normalized spacial score (nSPS) is 12.6. The Kier molecular flexibility index (Phi) is 3.64. The first-order valence-electron chi connectivity index (χ1n) is 2.84. The molecule has 0 fully saturated rings. The average Bonchev–Trinajstić information content (AvgIpc) is 1.87. The minimum atomic E-state index is -1.11. The van der Waals surface area contributed by atoms with Crippen molar-refractivity contribution < 1.29 is 19.4 Å². The first kappa shape index (κ1) is 9.10. The minimum absolute atomic E-state index is 0.131. The number of Topliss-reactive ketones (excluding diaryl/α,β-unsaturated/α-hetero) is 1. The summed E-state index contributed by atoms with van der Waals surface area (Å²) in [5.74, 6) is -2.47. The van der Waals surface area contributed by atoms with Gasteiger partial charge in [0.2, 0.25) is 0 Å². The second kappa shape index (κ2) is 4.00. The zero-order chi connectivity index (χ0) is 8.15. The van der Waals surface area contributed by atoms with Crippen molar-refractivity contribution in [2.45, 2.75) is 6.92 Å². The molecule has 0 radical (unpaired) electrons. The van der Waals surface area contributed by atoms with Crippen molar-refractivity contribution in [1.82, 2.24) is 0 Å². The van der Waals surface area contributed by atoms with E-state index >= 15 is 0 Å². The van der Waals surface area contributed by atoms with Crippen molar-refractivity contribution in [3.05, 3.63) is 0 Å². The van der Waals surface area contributed by atoms with Gasteiger partial charge in [0.25, 0.3) is 0 Å². The van der Waals surface area contributed by atoms with Crippen LogP contribution in [0.25, 0.3) is 0 Å². The number of rotatable bonds is 4. The van der Waals surface area contributed by atoms with Gasteiger partial charge < -0.3 is 9.84 Å². The molecule has 58 valence electrons. The van der Waals surface area contributed by atoms with Crippen LogP contribution in [0.3, 0.4) is 0 Å². The monoisotopic (exact) mass is 146 g/mol. The molecule has 0 aromatic carbocycles. The van der Waals surface area contributed by atoms with Crippen LogP contribution < -0.4 is 0 Å². The Morgan fingerprint density at radius 3 is 2.40 bits per heavy atom. The molecular weight excluding hydrogens is 136 g/mol. The van der Waals surface area contributed by atoms with Crippen LogP contribution >= 0.6 is 0 Å². The Morgan fingerprint density at radius 1 is 1.60 bits per heavy atom. The molecule has 4 heteroatoms. The molecule has 0 amide bonds. The smallest absolute Gasteiger partial charge is 0.313 e. The second-order valence-electron chi connectivity index (χ2n) is 1.96. The Bertz CT molecular complexity index is 141. The van der Waals surface area contributed by atoms with Gasteiger partial charge in [-0.2, -0.15) is 0 Å². The first-order chi connectivity index (χ1) is 4.59. The Morgan fingerprint density at radius 2 is 2.10 bits per heavy atom. The van der Waals surface area contributed by atoms with Crippen LogP contribution in [-0.2, 0) is 14.3 Å². The van der Waals surface area contributed by atoms with E-state index in [9.17, 15) is 9.59 Å².